The van der Waals surface area contributed by atoms with E-state index in [-0.39, 0.29) is 11.1 Å². The predicted molar refractivity (Wildman–Crippen MR) is 124 cm³/mol. The minimum atomic E-state index is -5.79. The fourth-order valence-corrected chi connectivity index (χ4v) is 3.76. The highest BCUT2D eigenvalue weighted by atomic mass is 32.2. The van der Waals surface area contributed by atoms with Gasteiger partial charge in [-0.3, -0.25) is 9.59 Å². The monoisotopic (exact) mass is 492 g/mol. The van der Waals surface area contributed by atoms with Crippen molar-refractivity contribution in [3.8, 4) is 5.75 Å². The van der Waals surface area contributed by atoms with E-state index in [1.807, 2.05) is 24.3 Å². The first-order valence-electron chi connectivity index (χ1n) is 9.68. The van der Waals surface area contributed by atoms with E-state index >= 15 is 0 Å². The summed E-state index contributed by atoms with van der Waals surface area (Å²) >= 11 is 0. The van der Waals surface area contributed by atoms with E-state index in [2.05, 4.69) is 10.8 Å². The largest absolute Gasteiger partial charge is 0.534 e. The number of halogens is 3. The van der Waals surface area contributed by atoms with Gasteiger partial charge in [0.15, 0.2) is 5.75 Å². The summed E-state index contributed by atoms with van der Waals surface area (Å²) in [5.74, 6) is -0.556. The van der Waals surface area contributed by atoms with E-state index in [0.29, 0.717) is 5.39 Å². The highest BCUT2D eigenvalue weighted by Gasteiger charge is 2.48. The Morgan fingerprint density at radius 1 is 0.824 bits per heavy atom. The zero-order valence-electron chi connectivity index (χ0n) is 18.0. The summed E-state index contributed by atoms with van der Waals surface area (Å²) in [5, 5.41) is 1.44. The maximum Gasteiger partial charge on any atom is 0.534 e. The summed E-state index contributed by atoms with van der Waals surface area (Å²) in [5.41, 5.74) is -4.14. The second-order valence-electron chi connectivity index (χ2n) is 7.13. The average Bonchev–Trinajstić information content (AvgIpc) is 2.78. The smallest absolute Gasteiger partial charge is 0.374 e. The normalized spacial score (nSPS) is 11.7. The van der Waals surface area contributed by atoms with E-state index in [1.54, 1.807) is 23.8 Å². The molecule has 178 valence electrons. The van der Waals surface area contributed by atoms with Gasteiger partial charge >= 0.3 is 15.6 Å². The van der Waals surface area contributed by atoms with Crippen molar-refractivity contribution in [3.05, 3.63) is 93.5 Å². The molecule has 0 aliphatic rings. The van der Waals surface area contributed by atoms with Crippen LogP contribution in [0.2, 0.25) is 0 Å². The number of fused-ring (bicyclic) bond motifs is 2. The molecule has 11 heteroatoms. The van der Waals surface area contributed by atoms with Gasteiger partial charge < -0.3 is 13.3 Å². The summed E-state index contributed by atoms with van der Waals surface area (Å²) in [4.78, 5) is 22.9. The summed E-state index contributed by atoms with van der Waals surface area (Å²) < 4.78 is 65.8. The highest BCUT2D eigenvalue weighted by Crippen LogP contribution is 2.30. The number of hydrogen-bond acceptors (Lipinski definition) is 5. The molecule has 0 N–H and O–H groups in total. The molecule has 0 unspecified atom stereocenters. The lowest BCUT2D eigenvalue weighted by atomic mass is 10.1. The number of pyridine rings is 2. The van der Waals surface area contributed by atoms with E-state index in [4.69, 9.17) is 0 Å². The summed E-state index contributed by atoms with van der Waals surface area (Å²) in [6.07, 6.45) is 1.77. The third kappa shape index (κ3) is 4.74. The Balaban J connectivity index is 0.000000202. The maximum absolute atomic E-state index is 12.3. The molecule has 4 aromatic rings. The fourth-order valence-electron chi connectivity index (χ4n) is 3.30. The van der Waals surface area contributed by atoms with Crippen LogP contribution >= 0.6 is 0 Å². The lowest BCUT2D eigenvalue weighted by Gasteiger charge is -2.13. The summed E-state index contributed by atoms with van der Waals surface area (Å²) in [6.45, 7) is 3.74. The van der Waals surface area contributed by atoms with Crippen LogP contribution in [0.4, 0.5) is 13.2 Å². The van der Waals surface area contributed by atoms with Gasteiger partial charge in [0, 0.05) is 31.6 Å². The van der Waals surface area contributed by atoms with Gasteiger partial charge in [-0.2, -0.15) is 21.6 Å². The maximum atomic E-state index is 12.3. The van der Waals surface area contributed by atoms with E-state index in [9.17, 15) is 31.2 Å². The third-order valence-electron chi connectivity index (χ3n) is 4.97. The van der Waals surface area contributed by atoms with Gasteiger partial charge in [-0.25, -0.2) is 0 Å². The molecule has 0 aliphatic carbocycles. The van der Waals surface area contributed by atoms with Gasteiger partial charge in [0.25, 0.3) is 11.1 Å². The predicted octanol–water partition coefficient (Wildman–Crippen LogP) is 3.95. The Kier molecular flexibility index (Phi) is 6.69. The van der Waals surface area contributed by atoms with Crippen LogP contribution in [0.3, 0.4) is 0 Å². The van der Waals surface area contributed by atoms with Crippen LogP contribution < -0.4 is 15.3 Å². The fraction of sp³-hybridized carbons (Fsp3) is 0.130. The molecule has 0 radical (unpaired) electrons. The van der Waals surface area contributed by atoms with Crippen molar-refractivity contribution in [2.45, 2.75) is 5.51 Å². The molecule has 2 heterocycles. The number of hydrogen-bond donors (Lipinski definition) is 0. The molecule has 7 nitrogen and oxygen atoms in total. The number of benzene rings is 2. The van der Waals surface area contributed by atoms with Crippen molar-refractivity contribution in [2.75, 3.05) is 0 Å². The summed E-state index contributed by atoms with van der Waals surface area (Å²) in [7, 11) is -2.71. The lowest BCUT2D eigenvalue weighted by Crippen LogP contribution is -2.28. The molecule has 0 saturated carbocycles. The molecular formula is C23H19F3N2O5S. The molecule has 0 aliphatic heterocycles. The number of aryl methyl sites for hydroxylation is 2. The first kappa shape index (κ1) is 24.8. The first-order valence-corrected chi connectivity index (χ1v) is 11.1. The van der Waals surface area contributed by atoms with Gasteiger partial charge in [-0.15, -0.1) is 0 Å². The van der Waals surface area contributed by atoms with Crippen LogP contribution in [-0.4, -0.2) is 23.1 Å². The Morgan fingerprint density at radius 3 is 1.85 bits per heavy atom. The van der Waals surface area contributed by atoms with Gasteiger partial charge in [0.1, 0.15) is 0 Å². The molecule has 0 fully saturated rings. The van der Waals surface area contributed by atoms with Crippen LogP contribution in [0.5, 0.6) is 5.75 Å². The Morgan fingerprint density at radius 2 is 1.32 bits per heavy atom. The van der Waals surface area contributed by atoms with Crippen LogP contribution in [0.25, 0.3) is 27.9 Å². The molecule has 0 saturated heterocycles. The standard InChI is InChI=1S/C12H11NO.C11H8F3NO4S/c1-3-9-5-4-6-10-7-8-11(14)13(2)12(9)10;1-15-9(16)6-5-7-3-2-4-8(10(7)15)19-20(17,18)11(12,13)14/h3-8H,1H2,2H3;2-6H,1H3. The highest BCUT2D eigenvalue weighted by molar-refractivity contribution is 7.88. The Labute approximate surface area is 192 Å². The van der Waals surface area contributed by atoms with Gasteiger partial charge in [-0.05, 0) is 29.1 Å². The van der Waals surface area contributed by atoms with E-state index < -0.39 is 26.9 Å². The Bertz CT molecular complexity index is 1620. The zero-order valence-corrected chi connectivity index (χ0v) is 18.9. The molecular weight excluding hydrogens is 473 g/mol. The second kappa shape index (κ2) is 9.18. The van der Waals surface area contributed by atoms with Gasteiger partial charge in [0.2, 0.25) is 0 Å². The molecule has 0 spiro atoms. The van der Waals surface area contributed by atoms with Crippen LogP contribution in [0.1, 0.15) is 5.56 Å². The SMILES string of the molecule is C=Cc1cccc2ccc(=O)n(C)c12.Cn1c(=O)ccc2cccc(OS(=O)(=O)C(F)(F)F)c21. The topological polar surface area (TPSA) is 87.4 Å². The van der Waals surface area contributed by atoms with Crippen LogP contribution in [0.15, 0.2) is 76.8 Å². The average molecular weight is 492 g/mol. The van der Waals surface area contributed by atoms with Crippen LogP contribution in [-0.2, 0) is 24.2 Å². The number of para-hydroxylation sites is 2. The number of alkyl halides is 3. The molecule has 2 aromatic carbocycles. The quantitative estimate of drug-likeness (QED) is 0.319. The van der Waals surface area contributed by atoms with Crippen LogP contribution in [0, 0.1) is 0 Å². The van der Waals surface area contributed by atoms with Crippen molar-refractivity contribution < 1.29 is 25.8 Å². The number of nitrogens with zero attached hydrogens (tertiary/aromatic N) is 2. The molecule has 0 atom stereocenters. The lowest BCUT2D eigenvalue weighted by molar-refractivity contribution is -0.0499. The van der Waals surface area contributed by atoms with E-state index in [0.717, 1.165) is 27.1 Å². The minimum Gasteiger partial charge on any atom is -0.374 e. The zero-order chi connectivity index (χ0) is 25.3. The van der Waals surface area contributed by atoms with Gasteiger partial charge in [-0.1, -0.05) is 43.0 Å². The van der Waals surface area contributed by atoms with Gasteiger partial charge in [0.05, 0.1) is 11.0 Å². The summed E-state index contributed by atoms with van der Waals surface area (Å²) in [6, 6.07) is 15.8. The molecule has 2 aromatic heterocycles. The van der Waals surface area contributed by atoms with Crippen molar-refractivity contribution >= 4 is 38.0 Å². The first-order chi connectivity index (χ1) is 15.9. The number of aromatic nitrogens is 2. The van der Waals surface area contributed by atoms with E-state index in [1.165, 1.54) is 31.3 Å². The Hall–Kier alpha value is -3.86. The number of rotatable bonds is 3. The molecule has 0 bridgehead atoms. The minimum absolute atomic E-state index is 0.00630. The van der Waals surface area contributed by atoms with Crippen molar-refractivity contribution in [1.29, 1.82) is 0 Å². The third-order valence-corrected chi connectivity index (χ3v) is 5.94. The molecule has 34 heavy (non-hydrogen) atoms. The van der Waals surface area contributed by atoms with Crippen molar-refractivity contribution in [2.24, 2.45) is 14.1 Å². The molecule has 0 amide bonds. The van der Waals surface area contributed by atoms with Crippen molar-refractivity contribution in [3.63, 3.8) is 0 Å². The molecule has 4 rings (SSSR count). The van der Waals surface area contributed by atoms with Crippen molar-refractivity contribution in [1.82, 2.24) is 9.13 Å². The second-order valence-corrected chi connectivity index (χ2v) is 8.67.